The highest BCUT2D eigenvalue weighted by atomic mass is 15.0. The molecule has 102 valence electrons. The molecule has 21 heavy (non-hydrogen) atoms. The van der Waals surface area contributed by atoms with Gasteiger partial charge in [0, 0.05) is 17.3 Å². The summed E-state index contributed by atoms with van der Waals surface area (Å²) in [4.78, 5) is 0. The van der Waals surface area contributed by atoms with Crippen LogP contribution in [0.4, 0.5) is 0 Å². The fourth-order valence-corrected chi connectivity index (χ4v) is 2.97. The second-order valence-corrected chi connectivity index (χ2v) is 5.72. The van der Waals surface area contributed by atoms with Crippen LogP contribution in [0.3, 0.4) is 0 Å². The molecule has 0 bridgehead atoms. The zero-order valence-electron chi connectivity index (χ0n) is 12.3. The number of benzene rings is 3. The van der Waals surface area contributed by atoms with E-state index >= 15 is 0 Å². The molecule has 3 aromatic carbocycles. The summed E-state index contributed by atoms with van der Waals surface area (Å²) in [5.41, 5.74) is 5.16. The van der Waals surface area contributed by atoms with Gasteiger partial charge in [0.05, 0.1) is 5.52 Å². The van der Waals surface area contributed by atoms with Crippen LogP contribution in [0, 0.1) is 13.8 Å². The van der Waals surface area contributed by atoms with Crippen LogP contribution in [0.2, 0.25) is 0 Å². The smallest absolute Gasteiger partial charge is 0.0534 e. The van der Waals surface area contributed by atoms with Crippen LogP contribution < -0.4 is 0 Å². The van der Waals surface area contributed by atoms with Crippen LogP contribution in [0.25, 0.3) is 27.4 Å². The lowest BCUT2D eigenvalue weighted by Gasteiger charge is -2.08. The van der Waals surface area contributed by atoms with Crippen LogP contribution in [-0.2, 0) is 0 Å². The Morgan fingerprint density at radius 1 is 0.667 bits per heavy atom. The molecule has 0 amide bonds. The molecule has 0 N–H and O–H groups in total. The van der Waals surface area contributed by atoms with E-state index in [1.807, 2.05) is 0 Å². The van der Waals surface area contributed by atoms with Gasteiger partial charge in [0.2, 0.25) is 0 Å². The molecule has 4 aromatic rings. The van der Waals surface area contributed by atoms with Crippen molar-refractivity contribution in [1.29, 1.82) is 0 Å². The van der Waals surface area contributed by atoms with Crippen LogP contribution in [-0.4, -0.2) is 4.57 Å². The first-order chi connectivity index (χ1) is 10.2. The van der Waals surface area contributed by atoms with Crippen molar-refractivity contribution in [2.24, 2.45) is 0 Å². The maximum atomic E-state index is 2.30. The van der Waals surface area contributed by atoms with Crippen molar-refractivity contribution in [3.05, 3.63) is 78.0 Å². The van der Waals surface area contributed by atoms with E-state index in [2.05, 4.69) is 85.3 Å². The SMILES string of the molecule is Cc1cc2cc3ccn(-c4ccccc4)c3cc2cc1C. The van der Waals surface area contributed by atoms with Gasteiger partial charge in [-0.05, 0) is 66.1 Å². The topological polar surface area (TPSA) is 4.93 Å². The number of para-hydroxylation sites is 1. The second-order valence-electron chi connectivity index (χ2n) is 5.72. The van der Waals surface area contributed by atoms with Gasteiger partial charge in [0.1, 0.15) is 0 Å². The monoisotopic (exact) mass is 271 g/mol. The van der Waals surface area contributed by atoms with Gasteiger partial charge >= 0.3 is 0 Å². The van der Waals surface area contributed by atoms with Gasteiger partial charge in [-0.15, -0.1) is 0 Å². The normalized spacial score (nSPS) is 11.3. The minimum absolute atomic E-state index is 1.20. The third kappa shape index (κ3) is 1.93. The first-order valence-corrected chi connectivity index (χ1v) is 7.30. The standard InChI is InChI=1S/C20H17N/c1-14-10-17-12-16-8-9-21(19-6-4-3-5-7-19)20(16)13-18(17)11-15(14)2/h3-13H,1-2H3. The van der Waals surface area contributed by atoms with E-state index < -0.39 is 0 Å². The molecule has 0 radical (unpaired) electrons. The minimum Gasteiger partial charge on any atom is -0.317 e. The molecule has 0 aliphatic carbocycles. The summed E-state index contributed by atoms with van der Waals surface area (Å²) < 4.78 is 2.25. The van der Waals surface area contributed by atoms with Crippen molar-refractivity contribution in [3.63, 3.8) is 0 Å². The van der Waals surface area contributed by atoms with Crippen molar-refractivity contribution in [2.75, 3.05) is 0 Å². The highest BCUT2D eigenvalue weighted by Crippen LogP contribution is 2.28. The second kappa shape index (κ2) is 4.49. The lowest BCUT2D eigenvalue weighted by Crippen LogP contribution is -1.91. The van der Waals surface area contributed by atoms with Crippen LogP contribution >= 0.6 is 0 Å². The van der Waals surface area contributed by atoms with Crippen molar-refractivity contribution in [3.8, 4) is 5.69 Å². The van der Waals surface area contributed by atoms with E-state index in [4.69, 9.17) is 0 Å². The predicted molar refractivity (Wildman–Crippen MR) is 90.3 cm³/mol. The van der Waals surface area contributed by atoms with Crippen molar-refractivity contribution in [2.45, 2.75) is 13.8 Å². The maximum absolute atomic E-state index is 2.30. The zero-order valence-corrected chi connectivity index (χ0v) is 12.3. The molecule has 0 saturated heterocycles. The average molecular weight is 271 g/mol. The number of aryl methyl sites for hydroxylation is 2. The molecule has 0 saturated carbocycles. The number of hydrogen-bond acceptors (Lipinski definition) is 0. The number of nitrogens with zero attached hydrogens (tertiary/aromatic N) is 1. The Labute approximate surface area is 124 Å². The summed E-state index contributed by atoms with van der Waals surface area (Å²) in [5.74, 6) is 0. The number of fused-ring (bicyclic) bond motifs is 2. The highest BCUT2D eigenvalue weighted by Gasteiger charge is 2.06. The third-order valence-corrected chi connectivity index (χ3v) is 4.30. The quantitative estimate of drug-likeness (QED) is 0.437. The fraction of sp³-hybridized carbons (Fsp3) is 0.100. The molecular weight excluding hydrogens is 254 g/mol. The first kappa shape index (κ1) is 12.2. The third-order valence-electron chi connectivity index (χ3n) is 4.30. The lowest BCUT2D eigenvalue weighted by atomic mass is 10.0. The highest BCUT2D eigenvalue weighted by molar-refractivity contribution is 5.98. The summed E-state index contributed by atoms with van der Waals surface area (Å²) in [6.45, 7) is 4.35. The van der Waals surface area contributed by atoms with Crippen LogP contribution in [0.5, 0.6) is 0 Å². The maximum Gasteiger partial charge on any atom is 0.0534 e. The Hall–Kier alpha value is -2.54. The van der Waals surface area contributed by atoms with Gasteiger partial charge in [-0.25, -0.2) is 0 Å². The summed E-state index contributed by atoms with van der Waals surface area (Å²) in [7, 11) is 0. The van der Waals surface area contributed by atoms with E-state index in [0.717, 1.165) is 0 Å². The van der Waals surface area contributed by atoms with Gasteiger partial charge in [-0.1, -0.05) is 30.3 Å². The van der Waals surface area contributed by atoms with Crippen molar-refractivity contribution >= 4 is 21.7 Å². The van der Waals surface area contributed by atoms with Gasteiger partial charge < -0.3 is 4.57 Å². The summed E-state index contributed by atoms with van der Waals surface area (Å²) in [6, 6.07) is 21.8. The van der Waals surface area contributed by atoms with Crippen molar-refractivity contribution < 1.29 is 0 Å². The Morgan fingerprint density at radius 2 is 1.33 bits per heavy atom. The van der Waals surface area contributed by atoms with E-state index in [0.29, 0.717) is 0 Å². The molecule has 0 spiro atoms. The Balaban J connectivity index is 2.04. The predicted octanol–water partition coefficient (Wildman–Crippen LogP) is 5.40. The van der Waals surface area contributed by atoms with Crippen LogP contribution in [0.1, 0.15) is 11.1 Å². The molecule has 4 rings (SSSR count). The summed E-state index contributed by atoms with van der Waals surface area (Å²) in [5, 5.41) is 3.91. The summed E-state index contributed by atoms with van der Waals surface area (Å²) >= 11 is 0. The molecule has 1 nitrogen and oxygen atoms in total. The number of rotatable bonds is 1. The molecule has 1 aromatic heterocycles. The van der Waals surface area contributed by atoms with E-state index in [1.54, 1.807) is 0 Å². The molecule has 0 fully saturated rings. The Kier molecular flexibility index (Phi) is 2.61. The van der Waals surface area contributed by atoms with Gasteiger partial charge in [0.15, 0.2) is 0 Å². The first-order valence-electron chi connectivity index (χ1n) is 7.30. The average Bonchev–Trinajstić information content (AvgIpc) is 2.90. The molecular formula is C20H17N. The molecule has 0 aliphatic rings. The van der Waals surface area contributed by atoms with Crippen molar-refractivity contribution in [1.82, 2.24) is 4.57 Å². The fourth-order valence-electron chi connectivity index (χ4n) is 2.97. The van der Waals surface area contributed by atoms with Gasteiger partial charge in [-0.2, -0.15) is 0 Å². The zero-order chi connectivity index (χ0) is 14.4. The lowest BCUT2D eigenvalue weighted by molar-refractivity contribution is 1.13. The van der Waals surface area contributed by atoms with Crippen LogP contribution in [0.15, 0.2) is 66.9 Å². The van der Waals surface area contributed by atoms with E-state index in [9.17, 15) is 0 Å². The molecule has 0 atom stereocenters. The Bertz CT molecular complexity index is 946. The number of hydrogen-bond donors (Lipinski definition) is 0. The van der Waals surface area contributed by atoms with E-state index in [1.165, 1.54) is 38.5 Å². The molecule has 0 unspecified atom stereocenters. The Morgan fingerprint density at radius 3 is 2.05 bits per heavy atom. The van der Waals surface area contributed by atoms with E-state index in [-0.39, 0.29) is 0 Å². The largest absolute Gasteiger partial charge is 0.317 e. The van der Waals surface area contributed by atoms with Gasteiger partial charge in [0.25, 0.3) is 0 Å². The van der Waals surface area contributed by atoms with Gasteiger partial charge in [-0.3, -0.25) is 0 Å². The molecule has 1 heterocycles. The minimum atomic E-state index is 1.20. The molecule has 1 heteroatoms. The summed E-state index contributed by atoms with van der Waals surface area (Å²) in [6.07, 6.45) is 2.15. The molecule has 0 aliphatic heterocycles. The number of aromatic nitrogens is 1.